The molecule has 1 atom stereocenters. The molecule has 1 aromatic carbocycles. The van der Waals surface area contributed by atoms with Crippen LogP contribution in [0.2, 0.25) is 5.02 Å². The summed E-state index contributed by atoms with van der Waals surface area (Å²) in [5, 5.41) is 14.2. The largest absolute Gasteiger partial charge is 0.467 e. The number of anilines is 1. The van der Waals surface area contributed by atoms with Crippen LogP contribution in [0.3, 0.4) is 0 Å². The molecular weight excluding hydrogens is 256 g/mol. The van der Waals surface area contributed by atoms with Crippen molar-refractivity contribution in [3.8, 4) is 0 Å². The van der Waals surface area contributed by atoms with Gasteiger partial charge in [0.15, 0.2) is 0 Å². The zero-order valence-electron chi connectivity index (χ0n) is 9.59. The van der Waals surface area contributed by atoms with Crippen LogP contribution in [0, 0.1) is 10.1 Å². The Morgan fingerprint density at radius 1 is 1.44 bits per heavy atom. The Kier molecular flexibility index (Phi) is 3.53. The summed E-state index contributed by atoms with van der Waals surface area (Å²) in [6.07, 6.45) is 1.57. The Labute approximate surface area is 109 Å². The van der Waals surface area contributed by atoms with Gasteiger partial charge in [0.25, 0.3) is 5.69 Å². The lowest BCUT2D eigenvalue weighted by atomic mass is 10.2. The van der Waals surface area contributed by atoms with E-state index in [4.69, 9.17) is 16.0 Å². The number of hydrogen-bond donors (Lipinski definition) is 1. The van der Waals surface area contributed by atoms with Crippen LogP contribution in [0.5, 0.6) is 0 Å². The summed E-state index contributed by atoms with van der Waals surface area (Å²) in [7, 11) is 0. The molecule has 1 heterocycles. The number of benzene rings is 1. The minimum Gasteiger partial charge on any atom is -0.467 e. The average molecular weight is 267 g/mol. The molecule has 0 aliphatic carbocycles. The highest BCUT2D eigenvalue weighted by molar-refractivity contribution is 6.33. The summed E-state index contributed by atoms with van der Waals surface area (Å²) in [4.78, 5) is 10.2. The number of rotatable bonds is 4. The molecule has 1 unspecified atom stereocenters. The van der Waals surface area contributed by atoms with E-state index in [9.17, 15) is 10.1 Å². The van der Waals surface area contributed by atoms with E-state index >= 15 is 0 Å². The van der Waals surface area contributed by atoms with Crippen molar-refractivity contribution in [1.29, 1.82) is 0 Å². The van der Waals surface area contributed by atoms with Gasteiger partial charge in [-0.25, -0.2) is 0 Å². The summed E-state index contributed by atoms with van der Waals surface area (Å²) in [6.45, 7) is 1.88. The summed E-state index contributed by atoms with van der Waals surface area (Å²) in [5.41, 5.74) is 0.503. The molecule has 94 valence electrons. The lowest BCUT2D eigenvalue weighted by molar-refractivity contribution is -0.384. The molecule has 1 aromatic heterocycles. The van der Waals surface area contributed by atoms with E-state index in [1.54, 1.807) is 12.3 Å². The van der Waals surface area contributed by atoms with Crippen LogP contribution in [0.15, 0.2) is 41.0 Å². The number of nitrogens with one attached hydrogen (secondary N) is 1. The predicted molar refractivity (Wildman–Crippen MR) is 68.9 cm³/mol. The number of nitro groups is 1. The first-order chi connectivity index (χ1) is 8.58. The Balaban J connectivity index is 2.23. The molecule has 0 radical (unpaired) electrons. The molecule has 0 bridgehead atoms. The maximum absolute atomic E-state index is 10.7. The van der Waals surface area contributed by atoms with Gasteiger partial charge in [-0.2, -0.15) is 0 Å². The maximum atomic E-state index is 10.7. The average Bonchev–Trinajstić information content (AvgIpc) is 2.85. The second kappa shape index (κ2) is 5.10. The molecule has 0 saturated carbocycles. The molecule has 0 saturated heterocycles. The van der Waals surface area contributed by atoms with Crippen LogP contribution in [-0.4, -0.2) is 4.92 Å². The van der Waals surface area contributed by atoms with Gasteiger partial charge < -0.3 is 9.73 Å². The number of hydrogen-bond acceptors (Lipinski definition) is 4. The van der Waals surface area contributed by atoms with Gasteiger partial charge in [0.1, 0.15) is 5.76 Å². The highest BCUT2D eigenvalue weighted by atomic mass is 35.5. The molecule has 2 rings (SSSR count). The number of nitro benzene ring substituents is 1. The first-order valence-corrected chi connectivity index (χ1v) is 5.69. The molecule has 5 nitrogen and oxygen atoms in total. The van der Waals surface area contributed by atoms with Crippen LogP contribution in [0.1, 0.15) is 18.7 Å². The zero-order chi connectivity index (χ0) is 13.1. The highest BCUT2D eigenvalue weighted by Crippen LogP contribution is 2.29. The maximum Gasteiger partial charge on any atom is 0.271 e. The van der Waals surface area contributed by atoms with Crippen LogP contribution < -0.4 is 5.32 Å². The Morgan fingerprint density at radius 3 is 2.83 bits per heavy atom. The van der Waals surface area contributed by atoms with E-state index in [-0.39, 0.29) is 11.7 Å². The standard InChI is InChI=1S/C12H11ClN2O3/c1-8(12-3-2-6-18-12)14-11-7-9(15(16)17)4-5-10(11)13/h2-8,14H,1H3. The quantitative estimate of drug-likeness (QED) is 0.670. The summed E-state index contributed by atoms with van der Waals surface area (Å²) < 4.78 is 5.25. The summed E-state index contributed by atoms with van der Waals surface area (Å²) in [6, 6.07) is 7.74. The molecule has 0 spiro atoms. The monoisotopic (exact) mass is 266 g/mol. The molecule has 0 amide bonds. The molecule has 0 aliphatic heterocycles. The number of nitrogens with zero attached hydrogens (tertiary/aromatic N) is 1. The minimum absolute atomic E-state index is 0.00598. The Bertz CT molecular complexity index is 554. The van der Waals surface area contributed by atoms with E-state index in [0.717, 1.165) is 5.76 Å². The molecule has 0 aliphatic rings. The van der Waals surface area contributed by atoms with Crippen molar-refractivity contribution in [2.45, 2.75) is 13.0 Å². The fraction of sp³-hybridized carbons (Fsp3) is 0.167. The van der Waals surface area contributed by atoms with Crippen molar-refractivity contribution in [2.75, 3.05) is 5.32 Å². The Morgan fingerprint density at radius 2 is 2.22 bits per heavy atom. The SMILES string of the molecule is CC(Nc1cc([N+](=O)[O-])ccc1Cl)c1ccco1. The third-order valence-corrected chi connectivity index (χ3v) is 2.83. The van der Waals surface area contributed by atoms with E-state index in [1.165, 1.54) is 18.2 Å². The smallest absolute Gasteiger partial charge is 0.271 e. The van der Waals surface area contributed by atoms with E-state index in [1.807, 2.05) is 13.0 Å². The zero-order valence-corrected chi connectivity index (χ0v) is 10.3. The molecular formula is C12H11ClN2O3. The van der Waals surface area contributed by atoms with E-state index in [0.29, 0.717) is 10.7 Å². The first-order valence-electron chi connectivity index (χ1n) is 5.32. The predicted octanol–water partition coefficient (Wildman–Crippen LogP) is 4.01. The lowest BCUT2D eigenvalue weighted by Gasteiger charge is -2.13. The van der Waals surface area contributed by atoms with Gasteiger partial charge in [0, 0.05) is 12.1 Å². The second-order valence-corrected chi connectivity index (χ2v) is 4.21. The van der Waals surface area contributed by atoms with Crippen molar-refractivity contribution in [1.82, 2.24) is 0 Å². The first kappa shape index (κ1) is 12.4. The van der Waals surface area contributed by atoms with Gasteiger partial charge in [-0.3, -0.25) is 10.1 Å². The fourth-order valence-corrected chi connectivity index (χ4v) is 1.75. The van der Waals surface area contributed by atoms with Gasteiger partial charge >= 0.3 is 0 Å². The van der Waals surface area contributed by atoms with Gasteiger partial charge in [0.2, 0.25) is 0 Å². The molecule has 0 fully saturated rings. The summed E-state index contributed by atoms with van der Waals surface area (Å²) in [5.74, 6) is 0.734. The van der Waals surface area contributed by atoms with Gasteiger partial charge in [0.05, 0.1) is 27.9 Å². The molecule has 18 heavy (non-hydrogen) atoms. The second-order valence-electron chi connectivity index (χ2n) is 3.80. The van der Waals surface area contributed by atoms with Gasteiger partial charge in [-0.15, -0.1) is 0 Å². The van der Waals surface area contributed by atoms with Crippen LogP contribution >= 0.6 is 11.6 Å². The van der Waals surface area contributed by atoms with Crippen molar-refractivity contribution in [2.24, 2.45) is 0 Å². The number of furan rings is 1. The fourth-order valence-electron chi connectivity index (χ4n) is 1.58. The normalized spacial score (nSPS) is 12.1. The molecule has 1 N–H and O–H groups in total. The molecule has 6 heteroatoms. The van der Waals surface area contributed by atoms with E-state index in [2.05, 4.69) is 5.32 Å². The third-order valence-electron chi connectivity index (χ3n) is 2.50. The highest BCUT2D eigenvalue weighted by Gasteiger charge is 2.13. The van der Waals surface area contributed by atoms with Crippen molar-refractivity contribution < 1.29 is 9.34 Å². The van der Waals surface area contributed by atoms with Crippen molar-refractivity contribution in [3.63, 3.8) is 0 Å². The van der Waals surface area contributed by atoms with Gasteiger partial charge in [-0.1, -0.05) is 11.6 Å². The van der Waals surface area contributed by atoms with Crippen LogP contribution in [-0.2, 0) is 0 Å². The topological polar surface area (TPSA) is 68.3 Å². The van der Waals surface area contributed by atoms with Crippen molar-refractivity contribution in [3.05, 3.63) is 57.5 Å². The van der Waals surface area contributed by atoms with Crippen LogP contribution in [0.25, 0.3) is 0 Å². The minimum atomic E-state index is -0.459. The third kappa shape index (κ3) is 2.62. The lowest BCUT2D eigenvalue weighted by Crippen LogP contribution is -2.06. The van der Waals surface area contributed by atoms with Crippen LogP contribution in [0.4, 0.5) is 11.4 Å². The summed E-state index contributed by atoms with van der Waals surface area (Å²) >= 11 is 5.99. The number of halogens is 1. The van der Waals surface area contributed by atoms with Crippen molar-refractivity contribution >= 4 is 23.0 Å². The van der Waals surface area contributed by atoms with E-state index < -0.39 is 4.92 Å². The number of non-ortho nitro benzene ring substituents is 1. The Hall–Kier alpha value is -2.01. The van der Waals surface area contributed by atoms with Gasteiger partial charge in [-0.05, 0) is 25.1 Å². The molecule has 2 aromatic rings.